The molecule has 22 heavy (non-hydrogen) atoms. The lowest BCUT2D eigenvalue weighted by molar-refractivity contribution is -0.116. The molecule has 0 radical (unpaired) electrons. The molecule has 1 aromatic carbocycles. The van der Waals surface area contributed by atoms with Crippen LogP contribution in [0.2, 0.25) is 0 Å². The van der Waals surface area contributed by atoms with E-state index in [4.69, 9.17) is 9.47 Å². The van der Waals surface area contributed by atoms with Crippen LogP contribution in [0, 0.1) is 0 Å². The van der Waals surface area contributed by atoms with Crippen LogP contribution in [0.5, 0.6) is 11.5 Å². The molecule has 0 aliphatic rings. The molecule has 0 bridgehead atoms. The zero-order chi connectivity index (χ0) is 16.4. The van der Waals surface area contributed by atoms with E-state index < -0.39 is 0 Å². The molecule has 0 heterocycles. The summed E-state index contributed by atoms with van der Waals surface area (Å²) in [5.74, 6) is 1.30. The van der Waals surface area contributed by atoms with Gasteiger partial charge in [-0.25, -0.2) is 0 Å². The first-order valence-electron chi connectivity index (χ1n) is 7.88. The Morgan fingerprint density at radius 1 is 1.09 bits per heavy atom. The summed E-state index contributed by atoms with van der Waals surface area (Å²) in [6.07, 6.45) is 2.69. The van der Waals surface area contributed by atoms with Crippen LogP contribution >= 0.6 is 0 Å². The van der Waals surface area contributed by atoms with Crippen LogP contribution in [0.4, 0.5) is 5.69 Å². The molecular formula is C17H28N2O3. The molecule has 1 N–H and O–H groups in total. The van der Waals surface area contributed by atoms with Crippen molar-refractivity contribution in [2.24, 2.45) is 0 Å². The number of anilines is 1. The summed E-state index contributed by atoms with van der Waals surface area (Å²) in [7, 11) is 3.18. The molecule has 0 aromatic heterocycles. The molecule has 124 valence electrons. The summed E-state index contributed by atoms with van der Waals surface area (Å²) in [5, 5.41) is 2.91. The number of hydrogen-bond acceptors (Lipinski definition) is 4. The maximum Gasteiger partial charge on any atom is 0.225 e. The Hall–Kier alpha value is -1.75. The fraction of sp³-hybridized carbons (Fsp3) is 0.588. The number of nitrogens with zero attached hydrogens (tertiary/aromatic N) is 1. The number of methoxy groups -OCH3 is 2. The van der Waals surface area contributed by atoms with E-state index in [1.165, 1.54) is 0 Å². The van der Waals surface area contributed by atoms with Crippen LogP contribution in [-0.2, 0) is 4.79 Å². The Kier molecular flexibility index (Phi) is 8.36. The number of benzene rings is 1. The molecule has 0 saturated carbocycles. The van der Waals surface area contributed by atoms with Gasteiger partial charge in [0.2, 0.25) is 5.91 Å². The van der Waals surface area contributed by atoms with Gasteiger partial charge in [-0.3, -0.25) is 4.79 Å². The minimum Gasteiger partial charge on any atom is -0.497 e. The third kappa shape index (κ3) is 5.93. The molecule has 1 aromatic rings. The van der Waals surface area contributed by atoms with E-state index in [0.29, 0.717) is 23.6 Å². The number of carbonyl (C=O) groups is 1. The number of hydrogen-bond donors (Lipinski definition) is 1. The molecule has 1 rings (SSSR count). The van der Waals surface area contributed by atoms with Crippen LogP contribution in [0.3, 0.4) is 0 Å². The highest BCUT2D eigenvalue weighted by molar-refractivity contribution is 5.92. The molecule has 0 atom stereocenters. The van der Waals surface area contributed by atoms with Crippen molar-refractivity contribution in [3.05, 3.63) is 18.2 Å². The van der Waals surface area contributed by atoms with Crippen LogP contribution < -0.4 is 14.8 Å². The van der Waals surface area contributed by atoms with E-state index in [9.17, 15) is 4.79 Å². The molecule has 1 amide bonds. The van der Waals surface area contributed by atoms with Crippen molar-refractivity contribution < 1.29 is 14.3 Å². The predicted octanol–water partition coefficient (Wildman–Crippen LogP) is 3.15. The molecule has 5 nitrogen and oxygen atoms in total. The minimum atomic E-state index is 0.000623. The van der Waals surface area contributed by atoms with Crippen molar-refractivity contribution in [2.45, 2.75) is 33.1 Å². The second-order valence-electron chi connectivity index (χ2n) is 5.21. The number of ether oxygens (including phenoxy) is 2. The Bertz CT molecular complexity index is 457. The summed E-state index contributed by atoms with van der Waals surface area (Å²) in [5.41, 5.74) is 0.672. The number of amides is 1. The number of nitrogens with one attached hydrogen (secondary N) is 1. The Balaban J connectivity index is 2.57. The normalized spacial score (nSPS) is 10.6. The van der Waals surface area contributed by atoms with Gasteiger partial charge in [0, 0.05) is 19.0 Å². The topological polar surface area (TPSA) is 50.8 Å². The largest absolute Gasteiger partial charge is 0.497 e. The van der Waals surface area contributed by atoms with Crippen molar-refractivity contribution in [3.8, 4) is 11.5 Å². The second-order valence-corrected chi connectivity index (χ2v) is 5.21. The maximum absolute atomic E-state index is 12.1. The monoisotopic (exact) mass is 308 g/mol. The lowest BCUT2D eigenvalue weighted by Gasteiger charge is -2.20. The third-order valence-corrected chi connectivity index (χ3v) is 3.42. The first-order valence-corrected chi connectivity index (χ1v) is 7.88. The van der Waals surface area contributed by atoms with Gasteiger partial charge in [0.15, 0.2) is 0 Å². The van der Waals surface area contributed by atoms with Crippen LogP contribution in [0.25, 0.3) is 0 Å². The van der Waals surface area contributed by atoms with Crippen molar-refractivity contribution in [1.29, 1.82) is 0 Å². The lowest BCUT2D eigenvalue weighted by atomic mass is 10.2. The van der Waals surface area contributed by atoms with E-state index in [-0.39, 0.29) is 5.91 Å². The molecule has 0 saturated heterocycles. The maximum atomic E-state index is 12.1. The van der Waals surface area contributed by atoms with Gasteiger partial charge in [0.05, 0.1) is 19.9 Å². The molecule has 0 spiro atoms. The van der Waals surface area contributed by atoms with Gasteiger partial charge in [0.1, 0.15) is 11.5 Å². The smallest absolute Gasteiger partial charge is 0.225 e. The minimum absolute atomic E-state index is 0.000623. The average molecular weight is 308 g/mol. The quantitative estimate of drug-likeness (QED) is 0.721. The third-order valence-electron chi connectivity index (χ3n) is 3.42. The highest BCUT2D eigenvalue weighted by atomic mass is 16.5. The molecular weight excluding hydrogens is 280 g/mol. The van der Waals surface area contributed by atoms with E-state index in [1.54, 1.807) is 32.4 Å². The average Bonchev–Trinajstić information content (AvgIpc) is 2.53. The highest BCUT2D eigenvalue weighted by Crippen LogP contribution is 2.29. The Morgan fingerprint density at radius 3 is 2.32 bits per heavy atom. The highest BCUT2D eigenvalue weighted by Gasteiger charge is 2.10. The second kappa shape index (κ2) is 10.1. The summed E-state index contributed by atoms with van der Waals surface area (Å²) < 4.78 is 10.4. The summed E-state index contributed by atoms with van der Waals surface area (Å²) in [4.78, 5) is 14.4. The standard InChI is InChI=1S/C17H28N2O3/c1-5-10-19(11-6-2)12-9-17(20)18-15-8-7-14(21-3)13-16(15)22-4/h7-8,13H,5-6,9-12H2,1-4H3,(H,18,20). The zero-order valence-corrected chi connectivity index (χ0v) is 14.1. The van der Waals surface area contributed by atoms with Gasteiger partial charge >= 0.3 is 0 Å². The van der Waals surface area contributed by atoms with E-state index >= 15 is 0 Å². The summed E-state index contributed by atoms with van der Waals surface area (Å²) >= 11 is 0. The van der Waals surface area contributed by atoms with Gasteiger partial charge < -0.3 is 19.7 Å². The Labute approximate surface area is 133 Å². The van der Waals surface area contributed by atoms with E-state index in [1.807, 2.05) is 0 Å². The van der Waals surface area contributed by atoms with Gasteiger partial charge in [-0.05, 0) is 38.1 Å². The molecule has 0 aliphatic carbocycles. The Morgan fingerprint density at radius 2 is 1.77 bits per heavy atom. The first-order chi connectivity index (χ1) is 10.6. The van der Waals surface area contributed by atoms with Gasteiger partial charge in [-0.2, -0.15) is 0 Å². The zero-order valence-electron chi connectivity index (χ0n) is 14.1. The van der Waals surface area contributed by atoms with Crippen LogP contribution in [-0.4, -0.2) is 44.7 Å². The summed E-state index contributed by atoms with van der Waals surface area (Å²) in [6, 6.07) is 5.36. The van der Waals surface area contributed by atoms with Gasteiger partial charge in [-0.15, -0.1) is 0 Å². The number of carbonyl (C=O) groups excluding carboxylic acids is 1. The van der Waals surface area contributed by atoms with Crippen molar-refractivity contribution in [2.75, 3.05) is 39.2 Å². The van der Waals surface area contributed by atoms with Crippen molar-refractivity contribution in [3.63, 3.8) is 0 Å². The lowest BCUT2D eigenvalue weighted by Crippen LogP contribution is -2.29. The fourth-order valence-electron chi connectivity index (χ4n) is 2.34. The molecule has 0 aliphatic heterocycles. The summed E-state index contributed by atoms with van der Waals surface area (Å²) in [6.45, 7) is 7.17. The number of rotatable bonds is 10. The van der Waals surface area contributed by atoms with Crippen molar-refractivity contribution >= 4 is 11.6 Å². The van der Waals surface area contributed by atoms with Crippen LogP contribution in [0.15, 0.2) is 18.2 Å². The molecule has 0 unspecified atom stereocenters. The predicted molar refractivity (Wildman–Crippen MR) is 89.8 cm³/mol. The fourth-order valence-corrected chi connectivity index (χ4v) is 2.34. The van der Waals surface area contributed by atoms with Crippen LogP contribution in [0.1, 0.15) is 33.1 Å². The van der Waals surface area contributed by atoms with Gasteiger partial charge in [-0.1, -0.05) is 13.8 Å². The first kappa shape index (κ1) is 18.3. The van der Waals surface area contributed by atoms with Crippen molar-refractivity contribution in [1.82, 2.24) is 4.90 Å². The molecule has 5 heteroatoms. The van der Waals surface area contributed by atoms with E-state index in [2.05, 4.69) is 24.1 Å². The van der Waals surface area contributed by atoms with E-state index in [0.717, 1.165) is 32.5 Å². The van der Waals surface area contributed by atoms with Gasteiger partial charge in [0.25, 0.3) is 0 Å². The SMILES string of the molecule is CCCN(CCC)CCC(=O)Nc1ccc(OC)cc1OC. The molecule has 0 fully saturated rings.